The molecule has 0 radical (unpaired) electrons. The molecule has 1 unspecified atom stereocenters. The Labute approximate surface area is 163 Å². The Hall–Kier alpha value is -2.13. The second kappa shape index (κ2) is 7.85. The van der Waals surface area contributed by atoms with Crippen LogP contribution in [0.5, 0.6) is 11.5 Å². The van der Waals surface area contributed by atoms with E-state index in [1.54, 1.807) is 0 Å². The van der Waals surface area contributed by atoms with Gasteiger partial charge in [-0.3, -0.25) is 0 Å². The lowest BCUT2D eigenvalue weighted by atomic mass is 9.78. The third-order valence-electron chi connectivity index (χ3n) is 5.38. The molecule has 0 bridgehead atoms. The van der Waals surface area contributed by atoms with Crippen LogP contribution in [0.2, 0.25) is 0 Å². The van der Waals surface area contributed by atoms with Crippen molar-refractivity contribution in [2.24, 2.45) is 5.41 Å². The molecule has 0 aromatic heterocycles. The van der Waals surface area contributed by atoms with Gasteiger partial charge in [0.2, 0.25) is 0 Å². The molecule has 3 nitrogen and oxygen atoms in total. The maximum Gasteiger partial charge on any atom is 0.136 e. The van der Waals surface area contributed by atoms with Crippen LogP contribution in [0.25, 0.3) is 0 Å². The minimum atomic E-state index is -0.0901. The zero-order valence-corrected chi connectivity index (χ0v) is 17.1. The molecule has 0 saturated carbocycles. The summed E-state index contributed by atoms with van der Waals surface area (Å²) < 4.78 is 16.9. The third-order valence-corrected chi connectivity index (χ3v) is 5.38. The fourth-order valence-electron chi connectivity index (χ4n) is 2.81. The lowest BCUT2D eigenvalue weighted by Gasteiger charge is -2.26. The van der Waals surface area contributed by atoms with Crippen LogP contribution in [0.4, 0.5) is 0 Å². The van der Waals surface area contributed by atoms with E-state index >= 15 is 0 Å². The van der Waals surface area contributed by atoms with E-state index in [9.17, 15) is 0 Å². The molecule has 1 fully saturated rings. The van der Waals surface area contributed by atoms with E-state index in [-0.39, 0.29) is 16.9 Å². The molecule has 0 spiro atoms. The molecule has 3 rings (SSSR count). The minimum Gasteiger partial charge on any atom is -0.491 e. The Kier molecular flexibility index (Phi) is 5.71. The summed E-state index contributed by atoms with van der Waals surface area (Å²) >= 11 is 0. The average Bonchev–Trinajstić information content (AvgIpc) is 3.50. The summed E-state index contributed by atoms with van der Waals surface area (Å²) in [6.07, 6.45) is 2.46. The zero-order valence-electron chi connectivity index (χ0n) is 17.1. The molecule has 1 atom stereocenters. The van der Waals surface area contributed by atoms with Crippen molar-refractivity contribution in [3.05, 3.63) is 66.1 Å². The first-order valence-electron chi connectivity index (χ1n) is 9.69. The van der Waals surface area contributed by atoms with Crippen LogP contribution in [-0.2, 0) is 10.2 Å². The fourth-order valence-corrected chi connectivity index (χ4v) is 2.81. The largest absolute Gasteiger partial charge is 0.491 e. The standard InChI is InChI=1S/C24H31O3/c1-6-23(2,3)17-27-21-13-9-19(10-14-21)24(4,5)18-7-11-20(12-8-18)25-15-22-16-26-22/h6-14,22H,15-17H2,1-5H3/q+1. The quantitative estimate of drug-likeness (QED) is 0.438. The lowest BCUT2D eigenvalue weighted by molar-refractivity contribution is 0.208. The van der Waals surface area contributed by atoms with Crippen molar-refractivity contribution in [1.82, 2.24) is 0 Å². The van der Waals surface area contributed by atoms with E-state index in [0.29, 0.717) is 13.2 Å². The third kappa shape index (κ3) is 5.20. The summed E-state index contributed by atoms with van der Waals surface area (Å²) in [5.41, 5.74) is 2.50. The first-order valence-corrected chi connectivity index (χ1v) is 9.69. The van der Waals surface area contributed by atoms with Gasteiger partial charge < -0.3 is 14.2 Å². The molecule has 0 N–H and O–H groups in total. The van der Waals surface area contributed by atoms with Crippen LogP contribution >= 0.6 is 0 Å². The monoisotopic (exact) mass is 367 g/mol. The topological polar surface area (TPSA) is 31.0 Å². The Morgan fingerprint density at radius 2 is 1.37 bits per heavy atom. The number of hydrogen-bond acceptors (Lipinski definition) is 3. The average molecular weight is 368 g/mol. The number of epoxide rings is 1. The van der Waals surface area contributed by atoms with Crippen molar-refractivity contribution in [2.45, 2.75) is 46.1 Å². The van der Waals surface area contributed by atoms with Crippen molar-refractivity contribution < 1.29 is 14.2 Å². The van der Waals surface area contributed by atoms with Crippen molar-refractivity contribution in [3.63, 3.8) is 0 Å². The van der Waals surface area contributed by atoms with Gasteiger partial charge >= 0.3 is 0 Å². The van der Waals surface area contributed by atoms with Gasteiger partial charge in [-0.05, 0) is 49.2 Å². The smallest absolute Gasteiger partial charge is 0.136 e. The van der Waals surface area contributed by atoms with E-state index in [1.807, 2.05) is 12.1 Å². The van der Waals surface area contributed by atoms with Gasteiger partial charge in [-0.1, -0.05) is 38.1 Å². The molecule has 0 amide bonds. The predicted octanol–water partition coefficient (Wildman–Crippen LogP) is 5.42. The molecule has 2 aromatic carbocycles. The van der Waals surface area contributed by atoms with Crippen molar-refractivity contribution in [1.29, 1.82) is 0 Å². The Morgan fingerprint density at radius 3 is 1.81 bits per heavy atom. The van der Waals surface area contributed by atoms with Gasteiger partial charge in [0.1, 0.15) is 36.2 Å². The molecule has 3 heteroatoms. The highest BCUT2D eigenvalue weighted by molar-refractivity contribution is 5.41. The fraction of sp³-hybridized carbons (Fsp3) is 0.458. The van der Waals surface area contributed by atoms with Gasteiger partial charge in [-0.25, -0.2) is 0 Å². The summed E-state index contributed by atoms with van der Waals surface area (Å²) in [5.74, 6) is 1.81. The molecule has 2 aromatic rings. The van der Waals surface area contributed by atoms with Crippen LogP contribution in [0.3, 0.4) is 0 Å². The molecular formula is C24H31O3+. The molecule has 1 aliphatic rings. The molecule has 27 heavy (non-hydrogen) atoms. The van der Waals surface area contributed by atoms with E-state index in [2.05, 4.69) is 77.4 Å². The number of rotatable bonds is 9. The van der Waals surface area contributed by atoms with E-state index in [4.69, 9.17) is 14.2 Å². The van der Waals surface area contributed by atoms with Crippen LogP contribution < -0.4 is 9.47 Å². The Morgan fingerprint density at radius 1 is 0.889 bits per heavy atom. The van der Waals surface area contributed by atoms with Crippen LogP contribution in [-0.4, -0.2) is 25.9 Å². The maximum atomic E-state index is 5.94. The number of hydrogen-bond donors (Lipinski definition) is 0. The molecule has 1 aliphatic heterocycles. The summed E-state index contributed by atoms with van der Waals surface area (Å²) in [5, 5.41) is 0. The summed E-state index contributed by atoms with van der Waals surface area (Å²) in [6.45, 7) is 13.0. The van der Waals surface area contributed by atoms with E-state index in [1.165, 1.54) is 11.1 Å². The number of benzene rings is 2. The highest BCUT2D eigenvalue weighted by Gasteiger charge is 2.26. The SMILES string of the molecule is C[CH+]C(C)(C)COc1ccc(C(C)(C)c2ccc(OCC3CO3)cc2)cc1. The minimum absolute atomic E-state index is 0.0768. The van der Waals surface area contributed by atoms with Gasteiger partial charge in [0.25, 0.3) is 0 Å². The molecule has 1 heterocycles. The van der Waals surface area contributed by atoms with Crippen molar-refractivity contribution in [2.75, 3.05) is 19.8 Å². The normalized spacial score (nSPS) is 16.7. The highest BCUT2D eigenvalue weighted by Crippen LogP contribution is 2.33. The van der Waals surface area contributed by atoms with Gasteiger partial charge in [-0.2, -0.15) is 0 Å². The number of ether oxygens (including phenoxy) is 3. The van der Waals surface area contributed by atoms with Gasteiger partial charge in [0.15, 0.2) is 0 Å². The van der Waals surface area contributed by atoms with E-state index in [0.717, 1.165) is 18.1 Å². The van der Waals surface area contributed by atoms with Gasteiger partial charge in [0, 0.05) is 5.41 Å². The van der Waals surface area contributed by atoms with Crippen LogP contribution in [0.1, 0.15) is 45.7 Å². The van der Waals surface area contributed by atoms with Gasteiger partial charge in [-0.15, -0.1) is 0 Å². The molecular weight excluding hydrogens is 336 g/mol. The van der Waals surface area contributed by atoms with E-state index < -0.39 is 0 Å². The second-order valence-electron chi connectivity index (χ2n) is 8.51. The first-order chi connectivity index (χ1) is 12.8. The van der Waals surface area contributed by atoms with Gasteiger partial charge in [0.05, 0.1) is 20.0 Å². The van der Waals surface area contributed by atoms with Crippen LogP contribution in [0.15, 0.2) is 48.5 Å². The molecule has 1 saturated heterocycles. The van der Waals surface area contributed by atoms with Crippen LogP contribution in [0, 0.1) is 11.8 Å². The summed E-state index contributed by atoms with van der Waals surface area (Å²) in [7, 11) is 0. The summed E-state index contributed by atoms with van der Waals surface area (Å²) in [4.78, 5) is 0. The second-order valence-corrected chi connectivity index (χ2v) is 8.51. The van der Waals surface area contributed by atoms with Crippen molar-refractivity contribution in [3.8, 4) is 11.5 Å². The zero-order chi connectivity index (χ0) is 19.5. The first kappa shape index (κ1) is 19.6. The lowest BCUT2D eigenvalue weighted by Crippen LogP contribution is -2.21. The molecule has 0 aliphatic carbocycles. The highest BCUT2D eigenvalue weighted by atomic mass is 16.6. The Balaban J connectivity index is 1.64. The Bertz CT molecular complexity index is 725. The maximum absolute atomic E-state index is 5.94. The van der Waals surface area contributed by atoms with Crippen molar-refractivity contribution >= 4 is 0 Å². The summed E-state index contributed by atoms with van der Waals surface area (Å²) in [6, 6.07) is 16.8. The molecule has 144 valence electrons. The predicted molar refractivity (Wildman–Crippen MR) is 109 cm³/mol.